The fraction of sp³-hybridized carbons (Fsp3) is 0.409. The highest BCUT2D eigenvalue weighted by molar-refractivity contribution is 7.99. The molecule has 0 saturated carbocycles. The van der Waals surface area contributed by atoms with Gasteiger partial charge in [-0.05, 0) is 48.7 Å². The van der Waals surface area contributed by atoms with E-state index in [1.165, 1.54) is 0 Å². The molecule has 1 amide bonds. The predicted molar refractivity (Wildman–Crippen MR) is 112 cm³/mol. The van der Waals surface area contributed by atoms with Crippen LogP contribution in [-0.2, 0) is 21.6 Å². The second kappa shape index (κ2) is 7.71. The third-order valence-corrected chi connectivity index (χ3v) is 6.83. The molecule has 2 aliphatic rings. The van der Waals surface area contributed by atoms with E-state index in [1.807, 2.05) is 31.2 Å². The average Bonchev–Trinajstić information content (AvgIpc) is 2.65. The molecule has 0 aromatic heterocycles. The lowest BCUT2D eigenvalue weighted by atomic mass is 9.84. The van der Waals surface area contributed by atoms with Gasteiger partial charge in [-0.2, -0.15) is 0 Å². The molecule has 28 heavy (non-hydrogen) atoms. The zero-order valence-electron chi connectivity index (χ0n) is 16.1. The zero-order valence-corrected chi connectivity index (χ0v) is 17.6. The molecule has 1 fully saturated rings. The van der Waals surface area contributed by atoms with Gasteiger partial charge in [-0.15, -0.1) is 0 Å². The van der Waals surface area contributed by atoms with Crippen molar-refractivity contribution in [3.8, 4) is 0 Å². The Bertz CT molecular complexity index is 919. The van der Waals surface area contributed by atoms with Gasteiger partial charge >= 0.3 is 0 Å². The maximum atomic E-state index is 12.0. The Morgan fingerprint density at radius 2 is 2.07 bits per heavy atom. The number of amides is 1. The number of hydrogen-bond acceptors (Lipinski definition) is 4. The summed E-state index contributed by atoms with van der Waals surface area (Å²) in [6.07, 6.45) is 2.48. The highest BCUT2D eigenvalue weighted by Gasteiger charge is 2.35. The van der Waals surface area contributed by atoms with Gasteiger partial charge in [0, 0.05) is 36.1 Å². The first-order valence-corrected chi connectivity index (χ1v) is 10.8. The number of benzene rings is 2. The summed E-state index contributed by atoms with van der Waals surface area (Å²) in [5.74, 6) is 0.0986. The molecule has 2 aliphatic heterocycles. The van der Waals surface area contributed by atoms with Crippen molar-refractivity contribution in [1.82, 2.24) is 0 Å². The summed E-state index contributed by atoms with van der Waals surface area (Å²) in [4.78, 5) is 15.7. The summed E-state index contributed by atoms with van der Waals surface area (Å²) in [6, 6.07) is 12.1. The van der Waals surface area contributed by atoms with E-state index in [9.17, 15) is 9.90 Å². The van der Waals surface area contributed by atoms with Gasteiger partial charge < -0.3 is 14.7 Å². The van der Waals surface area contributed by atoms with Crippen LogP contribution in [0.2, 0.25) is 5.02 Å². The van der Waals surface area contributed by atoms with Gasteiger partial charge in [-0.3, -0.25) is 4.79 Å². The first-order chi connectivity index (χ1) is 13.4. The van der Waals surface area contributed by atoms with E-state index in [0.29, 0.717) is 37.3 Å². The second-order valence-electron chi connectivity index (χ2n) is 7.66. The molecule has 0 aliphatic carbocycles. The van der Waals surface area contributed by atoms with Gasteiger partial charge in [0.25, 0.3) is 0 Å². The van der Waals surface area contributed by atoms with Crippen LogP contribution in [0.1, 0.15) is 37.3 Å². The van der Waals surface area contributed by atoms with Crippen molar-refractivity contribution in [2.24, 2.45) is 0 Å². The number of rotatable bonds is 3. The minimum atomic E-state index is -0.842. The molecule has 0 bridgehead atoms. The molecule has 4 rings (SSSR count). The smallest absolute Gasteiger partial charge is 0.227 e. The first kappa shape index (κ1) is 19.8. The van der Waals surface area contributed by atoms with Gasteiger partial charge in [-0.25, -0.2) is 0 Å². The number of carbonyl (C=O) groups is 1. The monoisotopic (exact) mass is 417 g/mol. The van der Waals surface area contributed by atoms with Crippen molar-refractivity contribution in [2.45, 2.75) is 54.1 Å². The van der Waals surface area contributed by atoms with E-state index >= 15 is 0 Å². The molecule has 6 heteroatoms. The number of anilines is 1. The lowest BCUT2D eigenvalue weighted by molar-refractivity contribution is -0.118. The lowest BCUT2D eigenvalue weighted by Gasteiger charge is -2.36. The van der Waals surface area contributed by atoms with E-state index in [2.05, 4.69) is 12.1 Å². The van der Waals surface area contributed by atoms with E-state index in [1.54, 1.807) is 23.7 Å². The molecule has 2 aromatic rings. The fourth-order valence-electron chi connectivity index (χ4n) is 4.10. The van der Waals surface area contributed by atoms with Crippen LogP contribution < -0.4 is 4.90 Å². The number of nitrogens with zero attached hydrogens (tertiary/aromatic N) is 1. The number of aryl methyl sites for hydroxylation is 1. The Morgan fingerprint density at radius 1 is 1.25 bits per heavy atom. The molecule has 4 nitrogen and oxygen atoms in total. The van der Waals surface area contributed by atoms with E-state index in [0.717, 1.165) is 26.6 Å². The molecule has 0 radical (unpaired) electrons. The highest BCUT2D eigenvalue weighted by atomic mass is 35.5. The van der Waals surface area contributed by atoms with Gasteiger partial charge in [0.05, 0.1) is 29.0 Å². The summed E-state index contributed by atoms with van der Waals surface area (Å²) in [5, 5.41) is 11.7. The summed E-state index contributed by atoms with van der Waals surface area (Å²) >= 11 is 8.13. The Hall–Kier alpha value is -1.53. The molecule has 2 aromatic carbocycles. The van der Waals surface area contributed by atoms with Gasteiger partial charge in [-0.1, -0.05) is 35.5 Å². The van der Waals surface area contributed by atoms with Crippen LogP contribution in [0, 0.1) is 0 Å². The van der Waals surface area contributed by atoms with Gasteiger partial charge in [0.2, 0.25) is 5.91 Å². The predicted octanol–water partition coefficient (Wildman–Crippen LogP) is 4.79. The molecule has 0 unspecified atom stereocenters. The lowest BCUT2D eigenvalue weighted by Crippen LogP contribution is -2.37. The van der Waals surface area contributed by atoms with Crippen LogP contribution >= 0.6 is 23.4 Å². The molecule has 148 valence electrons. The van der Waals surface area contributed by atoms with E-state index < -0.39 is 5.60 Å². The molecular formula is C22H24ClNO3S. The van der Waals surface area contributed by atoms with Crippen molar-refractivity contribution in [3.63, 3.8) is 0 Å². The number of hydrogen-bond donors (Lipinski definition) is 1. The van der Waals surface area contributed by atoms with Crippen LogP contribution in [0.5, 0.6) is 0 Å². The van der Waals surface area contributed by atoms with Crippen LogP contribution in [0.4, 0.5) is 5.69 Å². The Labute approximate surface area is 174 Å². The van der Waals surface area contributed by atoms with Crippen molar-refractivity contribution in [2.75, 3.05) is 18.6 Å². The molecule has 1 saturated heterocycles. The number of carbonyl (C=O) groups excluding carboxylic acids is 1. The Morgan fingerprint density at radius 3 is 2.86 bits per heavy atom. The van der Waals surface area contributed by atoms with E-state index in [-0.39, 0.29) is 12.0 Å². The average molecular weight is 418 g/mol. The molecule has 1 N–H and O–H groups in total. The van der Waals surface area contributed by atoms with Crippen LogP contribution in [-0.4, -0.2) is 30.8 Å². The number of fused-ring (bicyclic) bond motifs is 1. The van der Waals surface area contributed by atoms with Crippen molar-refractivity contribution < 1.29 is 14.6 Å². The minimum Gasteiger partial charge on any atom is -0.385 e. The number of ether oxygens (including phenoxy) is 1. The molecule has 0 spiro atoms. The maximum absolute atomic E-state index is 12.0. The highest BCUT2D eigenvalue weighted by Crippen LogP contribution is 2.41. The standard InChI is InChI=1S/C22H24ClNO3S/c1-14-13-22(26,8-9-27-14)16-4-3-5-17(11-16)28-18-10-15-6-7-20(25)24(2)21(15)19(23)12-18/h3-5,10-12,14,26H,6-9,13H2,1-2H3/t14-,22+/m0/s1. The third-order valence-electron chi connectivity index (χ3n) is 5.58. The van der Waals surface area contributed by atoms with Crippen molar-refractivity contribution in [1.29, 1.82) is 0 Å². The summed E-state index contributed by atoms with van der Waals surface area (Å²) < 4.78 is 5.60. The number of halogens is 1. The summed E-state index contributed by atoms with van der Waals surface area (Å²) in [5.41, 5.74) is 2.01. The normalized spacial score (nSPS) is 24.9. The fourth-order valence-corrected chi connectivity index (χ4v) is 5.51. The molecule has 2 heterocycles. The van der Waals surface area contributed by atoms with Gasteiger partial charge in [0.1, 0.15) is 0 Å². The van der Waals surface area contributed by atoms with E-state index in [4.69, 9.17) is 16.3 Å². The second-order valence-corrected chi connectivity index (χ2v) is 9.22. The Balaban J connectivity index is 1.60. The maximum Gasteiger partial charge on any atom is 0.227 e. The number of aliphatic hydroxyl groups is 1. The first-order valence-electron chi connectivity index (χ1n) is 9.57. The van der Waals surface area contributed by atoms with Crippen LogP contribution in [0.25, 0.3) is 0 Å². The summed E-state index contributed by atoms with van der Waals surface area (Å²) in [6.45, 7) is 2.57. The van der Waals surface area contributed by atoms with Crippen molar-refractivity contribution in [3.05, 3.63) is 52.5 Å². The Kier molecular flexibility index (Phi) is 5.45. The third kappa shape index (κ3) is 3.81. The SMILES string of the molecule is C[C@H]1C[C@@](O)(c2cccc(Sc3cc(Cl)c4c(c3)CCC(=O)N4C)c2)CCO1. The minimum absolute atomic E-state index is 0.0502. The van der Waals surface area contributed by atoms with Gasteiger partial charge in [0.15, 0.2) is 0 Å². The quantitative estimate of drug-likeness (QED) is 0.780. The van der Waals surface area contributed by atoms with Crippen LogP contribution in [0.3, 0.4) is 0 Å². The summed E-state index contributed by atoms with van der Waals surface area (Å²) in [7, 11) is 1.78. The van der Waals surface area contributed by atoms with Crippen molar-refractivity contribution >= 4 is 35.0 Å². The van der Waals surface area contributed by atoms with Crippen LogP contribution in [0.15, 0.2) is 46.2 Å². The molecular weight excluding hydrogens is 394 g/mol. The topological polar surface area (TPSA) is 49.8 Å². The molecule has 2 atom stereocenters. The largest absolute Gasteiger partial charge is 0.385 e. The zero-order chi connectivity index (χ0) is 19.9.